The SMILES string of the molecule is Fc1c(F)c(F)c([B-](c2c(F)c(F)c(F)c(F)c2F)(c2c(F)c(F)c(F)c(F)c2F)c2c(F)c(F)c(F)c(F)c2F)c(F)c1F.O=C(C[n+]1c(C2CCCCC2)ccc2ccccc21)c1ccccc1. The first-order valence-corrected chi connectivity index (χ1v) is 20.3. The molecule has 0 unspecified atom stereocenters. The van der Waals surface area contributed by atoms with Crippen molar-refractivity contribution in [3.8, 4) is 0 Å². The number of fused-ring (bicyclic) bond motifs is 1. The van der Waals surface area contributed by atoms with Gasteiger partial charge in [-0.25, -0.2) is 87.8 Å². The number of benzene rings is 6. The summed E-state index contributed by atoms with van der Waals surface area (Å²) in [5.41, 5.74) is -11.1. The van der Waals surface area contributed by atoms with Crippen LogP contribution in [0.3, 0.4) is 0 Å². The summed E-state index contributed by atoms with van der Waals surface area (Å²) in [7, 11) is 0. The van der Waals surface area contributed by atoms with Crippen LogP contribution in [0.25, 0.3) is 10.9 Å². The van der Waals surface area contributed by atoms with E-state index in [1.54, 1.807) is 0 Å². The van der Waals surface area contributed by atoms with Crippen LogP contribution in [0.5, 0.6) is 0 Å². The van der Waals surface area contributed by atoms with E-state index in [-0.39, 0.29) is 5.78 Å². The van der Waals surface area contributed by atoms with Crippen LogP contribution in [-0.2, 0) is 6.54 Å². The van der Waals surface area contributed by atoms with Gasteiger partial charge in [0.2, 0.25) is 17.8 Å². The number of para-hydroxylation sites is 1. The van der Waals surface area contributed by atoms with E-state index in [1.165, 1.54) is 43.2 Å². The Morgan fingerprint density at radius 2 is 0.700 bits per heavy atom. The third-order valence-corrected chi connectivity index (χ3v) is 12.1. The fourth-order valence-corrected chi connectivity index (χ4v) is 8.94. The zero-order chi connectivity index (χ0) is 51.4. The van der Waals surface area contributed by atoms with Gasteiger partial charge in [-0.15, -0.1) is 21.9 Å². The minimum atomic E-state index is -7.22. The maximum atomic E-state index is 15.4. The van der Waals surface area contributed by atoms with E-state index >= 15 is 35.1 Å². The molecular formula is C47H24BF20NO. The molecule has 1 aliphatic rings. The van der Waals surface area contributed by atoms with Crippen molar-refractivity contribution in [2.45, 2.75) is 44.6 Å². The number of carbonyl (C=O) groups is 1. The van der Waals surface area contributed by atoms with Crippen LogP contribution in [0.1, 0.15) is 54.1 Å². The second-order valence-corrected chi connectivity index (χ2v) is 15.8. The molecule has 0 N–H and O–H groups in total. The summed E-state index contributed by atoms with van der Waals surface area (Å²) in [6.45, 7) is 0.414. The first kappa shape index (κ1) is 50.9. The van der Waals surface area contributed by atoms with E-state index in [1.807, 2.05) is 30.3 Å². The molecule has 0 saturated heterocycles. The summed E-state index contributed by atoms with van der Waals surface area (Å²) in [4.78, 5) is 12.9. The van der Waals surface area contributed by atoms with Crippen molar-refractivity contribution in [2.75, 3.05) is 0 Å². The van der Waals surface area contributed by atoms with E-state index in [9.17, 15) is 57.5 Å². The van der Waals surface area contributed by atoms with Crippen LogP contribution in [0.4, 0.5) is 87.8 Å². The van der Waals surface area contributed by atoms with Gasteiger partial charge in [-0.05, 0) is 25.0 Å². The van der Waals surface area contributed by atoms with Crippen molar-refractivity contribution in [3.05, 3.63) is 194 Å². The number of halogens is 20. The molecule has 0 aliphatic heterocycles. The number of nitrogens with zero attached hydrogens (tertiary/aromatic N) is 1. The Bertz CT molecular complexity index is 2870. The van der Waals surface area contributed by atoms with E-state index in [4.69, 9.17) is 0 Å². The number of hydrogen-bond acceptors (Lipinski definition) is 1. The molecule has 0 atom stereocenters. The van der Waals surface area contributed by atoms with Crippen LogP contribution in [0.2, 0.25) is 0 Å². The summed E-state index contributed by atoms with van der Waals surface area (Å²) >= 11 is 0. The van der Waals surface area contributed by atoms with Gasteiger partial charge < -0.3 is 0 Å². The van der Waals surface area contributed by atoms with Crippen LogP contribution in [0.15, 0.2) is 66.7 Å². The summed E-state index contributed by atoms with van der Waals surface area (Å²) in [6.07, 6.45) is -0.817. The van der Waals surface area contributed by atoms with Gasteiger partial charge in [-0.2, -0.15) is 4.57 Å². The quantitative estimate of drug-likeness (QED) is 0.0371. The molecule has 1 fully saturated rings. The van der Waals surface area contributed by atoms with Gasteiger partial charge in [0.05, 0.1) is 0 Å². The molecule has 8 rings (SSSR count). The maximum absolute atomic E-state index is 15.4. The van der Waals surface area contributed by atoms with Crippen molar-refractivity contribution in [3.63, 3.8) is 0 Å². The normalized spacial score (nSPS) is 13.2. The minimum absolute atomic E-state index is 0.180. The molecule has 1 saturated carbocycles. The van der Waals surface area contributed by atoms with Gasteiger partial charge in [-0.3, -0.25) is 4.79 Å². The van der Waals surface area contributed by atoms with Gasteiger partial charge in [0, 0.05) is 29.0 Å². The number of pyridine rings is 1. The fraction of sp³-hybridized carbons (Fsp3) is 0.149. The first-order valence-electron chi connectivity index (χ1n) is 20.3. The molecule has 1 aliphatic carbocycles. The molecule has 1 aromatic heterocycles. The topological polar surface area (TPSA) is 20.9 Å². The van der Waals surface area contributed by atoms with Crippen LogP contribution in [0, 0.1) is 116 Å². The van der Waals surface area contributed by atoms with E-state index < -0.39 is 144 Å². The highest BCUT2D eigenvalue weighted by Gasteiger charge is 2.52. The van der Waals surface area contributed by atoms with Crippen molar-refractivity contribution in [2.24, 2.45) is 0 Å². The Labute approximate surface area is 380 Å². The van der Waals surface area contributed by atoms with E-state index in [0.717, 1.165) is 11.1 Å². The smallest absolute Gasteiger partial charge is 0.227 e. The molecule has 2 nitrogen and oxygen atoms in total. The highest BCUT2D eigenvalue weighted by molar-refractivity contribution is 7.20. The van der Waals surface area contributed by atoms with E-state index in [2.05, 4.69) is 41.0 Å². The number of rotatable bonds is 8. The highest BCUT2D eigenvalue weighted by Crippen LogP contribution is 2.33. The molecule has 0 bridgehead atoms. The van der Waals surface area contributed by atoms with Crippen LogP contribution >= 0.6 is 0 Å². The molecule has 70 heavy (non-hydrogen) atoms. The summed E-state index contributed by atoms with van der Waals surface area (Å²) in [5.74, 6) is -70.7. The van der Waals surface area contributed by atoms with Crippen molar-refractivity contribution in [1.29, 1.82) is 0 Å². The Morgan fingerprint density at radius 3 is 1.06 bits per heavy atom. The van der Waals surface area contributed by atoms with Crippen molar-refractivity contribution < 1.29 is 97.2 Å². The predicted molar refractivity (Wildman–Crippen MR) is 210 cm³/mol. The Hall–Kier alpha value is -6.94. The lowest BCUT2D eigenvalue weighted by Gasteiger charge is -2.44. The number of carbonyl (C=O) groups excluding carboxylic acids is 1. The molecule has 1 heterocycles. The Balaban J connectivity index is 0.000000242. The van der Waals surface area contributed by atoms with Crippen LogP contribution in [-0.4, -0.2) is 11.9 Å². The van der Waals surface area contributed by atoms with Crippen molar-refractivity contribution >= 4 is 44.7 Å². The molecule has 6 aromatic carbocycles. The molecule has 23 heteroatoms. The Morgan fingerprint density at radius 1 is 0.386 bits per heavy atom. The van der Waals surface area contributed by atoms with Gasteiger partial charge >= 0.3 is 0 Å². The lowest BCUT2D eigenvalue weighted by Crippen LogP contribution is -2.81. The molecule has 0 amide bonds. The highest BCUT2D eigenvalue weighted by atomic mass is 19.2. The molecule has 0 spiro atoms. The first-order chi connectivity index (χ1) is 33.0. The molecule has 366 valence electrons. The predicted octanol–water partition coefficient (Wildman–Crippen LogP) is 10.9. The van der Waals surface area contributed by atoms with E-state index in [0.29, 0.717) is 12.5 Å². The van der Waals surface area contributed by atoms with Crippen LogP contribution < -0.4 is 26.4 Å². The van der Waals surface area contributed by atoms with Gasteiger partial charge in [0.1, 0.15) is 52.7 Å². The number of aromatic nitrogens is 1. The number of ketones is 1. The minimum Gasteiger partial charge on any atom is -0.287 e. The summed E-state index contributed by atoms with van der Waals surface area (Å²) in [5, 5.41) is 1.20. The molecule has 0 radical (unpaired) electrons. The van der Waals surface area contributed by atoms with Gasteiger partial charge in [0.15, 0.2) is 75.5 Å². The molecular weight excluding hydrogens is 985 g/mol. The van der Waals surface area contributed by atoms with Gasteiger partial charge in [-0.1, -0.05) is 61.7 Å². The third kappa shape index (κ3) is 8.09. The maximum Gasteiger partial charge on any atom is 0.227 e. The lowest BCUT2D eigenvalue weighted by atomic mass is 9.12. The zero-order valence-electron chi connectivity index (χ0n) is 34.7. The number of hydrogen-bond donors (Lipinski definition) is 0. The number of Topliss-reactive ketones (excluding diaryl/α,β-unsaturated/α-hetero) is 1. The second-order valence-electron chi connectivity index (χ2n) is 15.8. The average Bonchev–Trinajstić information content (AvgIpc) is 3.37. The Kier molecular flexibility index (Phi) is 14.2. The largest absolute Gasteiger partial charge is 0.287 e. The second kappa shape index (κ2) is 19.5. The summed E-state index contributed by atoms with van der Waals surface area (Å²) in [6, 6.07) is 22.5. The molecule has 7 aromatic rings. The average molecular weight is 1010 g/mol. The zero-order valence-corrected chi connectivity index (χ0v) is 34.7. The third-order valence-electron chi connectivity index (χ3n) is 12.1. The van der Waals surface area contributed by atoms with Gasteiger partial charge in [0.25, 0.3) is 0 Å². The monoisotopic (exact) mass is 1010 g/mol. The lowest BCUT2D eigenvalue weighted by molar-refractivity contribution is -0.666. The standard InChI is InChI=1S/C24BF20.C23H24NO/c26-5-1(6(27)14(35)21(42)13(5)34)25(2-7(28)15(36)22(43)16(37)8(2)29,3-9(30)17(38)23(44)18(39)10(3)31)4-11(32)19(40)24(45)20(41)12(4)33;25-23(20-12-5-2-6-13-20)17-24-21-14-8-7-11-19(21)15-16-22(24)18-9-3-1-4-10-18/h;2,5-8,11-16,18H,1,3-4,9-10,17H2/q-1;+1. The van der Waals surface area contributed by atoms with Crippen molar-refractivity contribution in [1.82, 2.24) is 0 Å². The summed E-state index contributed by atoms with van der Waals surface area (Å²) < 4.78 is 296. The fourth-order valence-electron chi connectivity index (χ4n) is 8.94.